The molecule has 1 heterocycles. The van der Waals surface area contributed by atoms with Gasteiger partial charge >= 0.3 is 5.97 Å². The molecule has 3 aromatic rings. The van der Waals surface area contributed by atoms with Crippen LogP contribution in [0.5, 0.6) is 0 Å². The van der Waals surface area contributed by atoms with Crippen molar-refractivity contribution in [3.05, 3.63) is 75.9 Å². The number of hydrogen-bond donors (Lipinski definition) is 1. The first-order valence-corrected chi connectivity index (χ1v) is 9.74. The zero-order valence-electron chi connectivity index (χ0n) is 15.7. The number of carbonyl (C=O) groups is 2. The van der Waals surface area contributed by atoms with Crippen LogP contribution in [-0.2, 0) is 16.0 Å². The maximum absolute atomic E-state index is 12.8. The minimum absolute atomic E-state index is 0.447. The smallest absolute Gasteiger partial charge is 0.339 e. The first-order chi connectivity index (χ1) is 14.0. The van der Waals surface area contributed by atoms with Gasteiger partial charge in [-0.25, -0.2) is 9.78 Å². The number of hydrogen-bond acceptors (Lipinski definition) is 4. The molecule has 1 aliphatic rings. The fourth-order valence-corrected chi connectivity index (χ4v) is 3.80. The first kappa shape index (κ1) is 19.2. The summed E-state index contributed by atoms with van der Waals surface area (Å²) < 4.78 is 5.16. The summed E-state index contributed by atoms with van der Waals surface area (Å²) in [5, 5.41) is 1.40. The van der Waals surface area contributed by atoms with Crippen molar-refractivity contribution in [3.8, 4) is 0 Å². The Balaban J connectivity index is 1.87. The molecule has 146 valence electrons. The normalized spacial score (nSPS) is 14.6. The van der Waals surface area contributed by atoms with E-state index in [0.717, 1.165) is 35.2 Å². The summed E-state index contributed by atoms with van der Waals surface area (Å²) in [4.78, 5) is 28.8. The lowest BCUT2D eigenvalue weighted by Gasteiger charge is -2.22. The van der Waals surface area contributed by atoms with Crippen LogP contribution in [0, 0.1) is 0 Å². The molecule has 0 saturated heterocycles. The van der Waals surface area contributed by atoms with Gasteiger partial charge in [-0.15, -0.1) is 0 Å². The van der Waals surface area contributed by atoms with E-state index in [1.54, 1.807) is 0 Å². The Morgan fingerprint density at radius 1 is 1.10 bits per heavy atom. The van der Waals surface area contributed by atoms with Crippen molar-refractivity contribution in [1.29, 1.82) is 0 Å². The molecule has 0 spiro atoms. The predicted molar refractivity (Wildman–Crippen MR) is 113 cm³/mol. The number of pyridine rings is 1. The second-order valence-corrected chi connectivity index (χ2v) is 7.38. The van der Waals surface area contributed by atoms with Crippen LogP contribution < -0.4 is 5.73 Å². The third-order valence-corrected chi connectivity index (χ3v) is 5.18. The second-order valence-electron chi connectivity index (χ2n) is 6.95. The van der Waals surface area contributed by atoms with Gasteiger partial charge in [0.25, 0.3) is 5.91 Å². The van der Waals surface area contributed by atoms with Crippen LogP contribution >= 0.6 is 11.6 Å². The highest BCUT2D eigenvalue weighted by Crippen LogP contribution is 2.36. The SMILES string of the molecule is NC(=O)COC(=O)c1c2c(nc3ccccc13)C(=Cc1ccc(Cl)cc1)CCC2. The Morgan fingerprint density at radius 2 is 1.86 bits per heavy atom. The Labute approximate surface area is 173 Å². The van der Waals surface area contributed by atoms with E-state index in [4.69, 9.17) is 27.1 Å². The molecule has 1 aliphatic carbocycles. The van der Waals surface area contributed by atoms with Gasteiger partial charge in [0.2, 0.25) is 0 Å². The van der Waals surface area contributed by atoms with Crippen molar-refractivity contribution in [2.45, 2.75) is 19.3 Å². The maximum Gasteiger partial charge on any atom is 0.339 e. The number of benzene rings is 2. The number of primary amides is 1. The van der Waals surface area contributed by atoms with Gasteiger partial charge < -0.3 is 10.5 Å². The van der Waals surface area contributed by atoms with Crippen molar-refractivity contribution in [2.75, 3.05) is 6.61 Å². The molecule has 0 radical (unpaired) electrons. The van der Waals surface area contributed by atoms with Crippen LogP contribution in [0.15, 0.2) is 48.5 Å². The molecule has 6 heteroatoms. The van der Waals surface area contributed by atoms with Gasteiger partial charge in [-0.2, -0.15) is 0 Å². The minimum Gasteiger partial charge on any atom is -0.452 e. The quantitative estimate of drug-likeness (QED) is 0.650. The number of aromatic nitrogens is 1. The summed E-state index contributed by atoms with van der Waals surface area (Å²) >= 11 is 5.99. The molecule has 2 N–H and O–H groups in total. The lowest BCUT2D eigenvalue weighted by atomic mass is 9.86. The van der Waals surface area contributed by atoms with Gasteiger partial charge in [-0.05, 0) is 60.2 Å². The predicted octanol–water partition coefficient (Wildman–Crippen LogP) is 4.41. The molecule has 0 aliphatic heterocycles. The van der Waals surface area contributed by atoms with Gasteiger partial charge in [0.15, 0.2) is 6.61 Å². The highest BCUT2D eigenvalue weighted by Gasteiger charge is 2.26. The molecule has 0 fully saturated rings. The highest BCUT2D eigenvalue weighted by atomic mass is 35.5. The number of amides is 1. The lowest BCUT2D eigenvalue weighted by Crippen LogP contribution is -2.22. The maximum atomic E-state index is 12.8. The molecule has 0 bridgehead atoms. The molecule has 0 atom stereocenters. The van der Waals surface area contributed by atoms with E-state index < -0.39 is 18.5 Å². The van der Waals surface area contributed by atoms with Crippen molar-refractivity contribution < 1.29 is 14.3 Å². The number of halogens is 1. The number of carbonyl (C=O) groups excluding carboxylic acids is 2. The van der Waals surface area contributed by atoms with Gasteiger partial charge in [-0.1, -0.05) is 41.9 Å². The Morgan fingerprint density at radius 3 is 2.62 bits per heavy atom. The number of allylic oxidation sites excluding steroid dienone is 1. The van der Waals surface area contributed by atoms with Gasteiger partial charge in [-0.3, -0.25) is 4.79 Å². The first-order valence-electron chi connectivity index (χ1n) is 9.36. The van der Waals surface area contributed by atoms with E-state index in [2.05, 4.69) is 6.08 Å². The molecular weight excluding hydrogens is 388 g/mol. The van der Waals surface area contributed by atoms with E-state index >= 15 is 0 Å². The fraction of sp³-hybridized carbons (Fsp3) is 0.174. The Kier molecular flexibility index (Phi) is 5.32. The van der Waals surface area contributed by atoms with E-state index in [1.807, 2.05) is 48.5 Å². The largest absolute Gasteiger partial charge is 0.452 e. The van der Waals surface area contributed by atoms with Crippen molar-refractivity contribution in [3.63, 3.8) is 0 Å². The number of fused-ring (bicyclic) bond motifs is 2. The van der Waals surface area contributed by atoms with Crippen LogP contribution in [0.2, 0.25) is 5.02 Å². The summed E-state index contributed by atoms with van der Waals surface area (Å²) in [6.45, 7) is -0.447. The van der Waals surface area contributed by atoms with Crippen LogP contribution in [0.1, 0.15) is 40.0 Å². The van der Waals surface area contributed by atoms with E-state index in [0.29, 0.717) is 27.9 Å². The number of ether oxygens (including phenoxy) is 1. The zero-order chi connectivity index (χ0) is 20.4. The summed E-state index contributed by atoms with van der Waals surface area (Å²) in [6.07, 6.45) is 4.54. The van der Waals surface area contributed by atoms with Crippen molar-refractivity contribution in [2.24, 2.45) is 5.73 Å². The number of esters is 1. The molecular formula is C23H19ClN2O3. The van der Waals surface area contributed by atoms with Crippen LogP contribution in [0.4, 0.5) is 0 Å². The standard InChI is InChI=1S/C23H19ClN2O3/c24-16-10-8-14(9-11-16)12-15-4-3-6-18-21(23(28)29-13-20(25)27)17-5-1-2-7-19(17)26-22(15)18/h1-2,5,7-12H,3-4,6,13H2,(H2,25,27). The molecule has 5 nitrogen and oxygen atoms in total. The highest BCUT2D eigenvalue weighted by molar-refractivity contribution is 6.30. The fourth-order valence-electron chi connectivity index (χ4n) is 3.68. The third kappa shape index (κ3) is 4.00. The van der Waals surface area contributed by atoms with Crippen LogP contribution in [0.3, 0.4) is 0 Å². The van der Waals surface area contributed by atoms with E-state index in [1.165, 1.54) is 0 Å². The molecule has 1 aromatic heterocycles. The zero-order valence-corrected chi connectivity index (χ0v) is 16.4. The number of rotatable bonds is 4. The van der Waals surface area contributed by atoms with Gasteiger partial charge in [0.1, 0.15) is 0 Å². The number of para-hydroxylation sites is 1. The molecule has 0 unspecified atom stereocenters. The second kappa shape index (κ2) is 8.05. The Hall–Kier alpha value is -3.18. The summed E-state index contributed by atoms with van der Waals surface area (Å²) in [7, 11) is 0. The third-order valence-electron chi connectivity index (χ3n) is 4.93. The minimum atomic E-state index is -0.686. The summed E-state index contributed by atoms with van der Waals surface area (Å²) in [6, 6.07) is 15.0. The topological polar surface area (TPSA) is 82.3 Å². The van der Waals surface area contributed by atoms with Gasteiger partial charge in [0.05, 0.1) is 16.8 Å². The number of nitrogens with zero attached hydrogens (tertiary/aromatic N) is 1. The summed E-state index contributed by atoms with van der Waals surface area (Å²) in [5.74, 6) is -1.24. The average Bonchev–Trinajstić information content (AvgIpc) is 2.72. The molecule has 29 heavy (non-hydrogen) atoms. The van der Waals surface area contributed by atoms with Crippen molar-refractivity contribution >= 4 is 46.0 Å². The van der Waals surface area contributed by atoms with E-state index in [-0.39, 0.29) is 0 Å². The number of nitrogens with two attached hydrogens (primary N) is 1. The molecule has 4 rings (SSSR count). The van der Waals surface area contributed by atoms with Crippen LogP contribution in [-0.4, -0.2) is 23.5 Å². The molecule has 1 amide bonds. The van der Waals surface area contributed by atoms with Crippen molar-refractivity contribution in [1.82, 2.24) is 4.98 Å². The lowest BCUT2D eigenvalue weighted by molar-refractivity contribution is -0.121. The molecule has 0 saturated carbocycles. The van der Waals surface area contributed by atoms with Crippen LogP contribution in [0.25, 0.3) is 22.6 Å². The average molecular weight is 407 g/mol. The van der Waals surface area contributed by atoms with E-state index in [9.17, 15) is 9.59 Å². The monoisotopic (exact) mass is 406 g/mol. The molecule has 2 aromatic carbocycles. The Bertz CT molecular complexity index is 1140. The van der Waals surface area contributed by atoms with Gasteiger partial charge in [0, 0.05) is 10.4 Å². The summed E-state index contributed by atoms with van der Waals surface area (Å²) in [5.41, 5.74) is 10.0.